The molecule has 1 fully saturated rings. The van der Waals surface area contributed by atoms with Gasteiger partial charge >= 0.3 is 0 Å². The molecule has 0 saturated carbocycles. The number of thioether (sulfide) groups is 1. The van der Waals surface area contributed by atoms with Crippen molar-refractivity contribution in [3.63, 3.8) is 0 Å². The summed E-state index contributed by atoms with van der Waals surface area (Å²) in [5.41, 5.74) is 7.32. The molecule has 0 amide bonds. The molecule has 19 heavy (non-hydrogen) atoms. The minimum absolute atomic E-state index is 0.0915. The van der Waals surface area contributed by atoms with Crippen molar-refractivity contribution in [3.8, 4) is 0 Å². The second-order valence-electron chi connectivity index (χ2n) is 5.21. The average Bonchev–Trinajstić information content (AvgIpc) is 2.46. The molecule has 106 valence electrons. The standard InChI is InChI=1S/C15H24N2OS/c1-11(16)15-10-17(8-9-18-15)12(2)13-4-6-14(19-3)7-5-13/h4-7,11-12,15H,8-10,16H2,1-3H3. The minimum atomic E-state index is 0.0915. The summed E-state index contributed by atoms with van der Waals surface area (Å²) in [5.74, 6) is 0. The molecule has 3 nitrogen and oxygen atoms in total. The van der Waals surface area contributed by atoms with Crippen LogP contribution in [-0.4, -0.2) is 43.0 Å². The number of rotatable bonds is 4. The monoisotopic (exact) mass is 280 g/mol. The molecule has 2 rings (SSSR count). The lowest BCUT2D eigenvalue weighted by Gasteiger charge is -2.38. The third kappa shape index (κ3) is 3.72. The van der Waals surface area contributed by atoms with Crippen LogP contribution in [0, 0.1) is 0 Å². The first-order chi connectivity index (χ1) is 9.11. The molecule has 0 bridgehead atoms. The summed E-state index contributed by atoms with van der Waals surface area (Å²) >= 11 is 1.78. The lowest BCUT2D eigenvalue weighted by atomic mass is 10.0. The van der Waals surface area contributed by atoms with Crippen LogP contribution in [0.1, 0.15) is 25.5 Å². The van der Waals surface area contributed by atoms with Gasteiger partial charge in [0.05, 0.1) is 12.7 Å². The number of hydrogen-bond donors (Lipinski definition) is 1. The number of morpholine rings is 1. The quantitative estimate of drug-likeness (QED) is 0.860. The molecule has 1 saturated heterocycles. The summed E-state index contributed by atoms with van der Waals surface area (Å²) in [7, 11) is 0. The van der Waals surface area contributed by atoms with E-state index in [1.807, 2.05) is 6.92 Å². The lowest BCUT2D eigenvalue weighted by molar-refractivity contribution is -0.0498. The highest BCUT2D eigenvalue weighted by atomic mass is 32.2. The zero-order valence-corrected chi connectivity index (χ0v) is 12.8. The predicted octanol–water partition coefficient (Wildman–Crippen LogP) is 2.52. The topological polar surface area (TPSA) is 38.5 Å². The lowest BCUT2D eigenvalue weighted by Crippen LogP contribution is -2.50. The van der Waals surface area contributed by atoms with Gasteiger partial charge in [0, 0.05) is 30.1 Å². The molecule has 0 radical (unpaired) electrons. The van der Waals surface area contributed by atoms with Gasteiger partial charge in [-0.1, -0.05) is 12.1 Å². The molecule has 1 aliphatic heterocycles. The van der Waals surface area contributed by atoms with Crippen molar-refractivity contribution < 1.29 is 4.74 Å². The molecular weight excluding hydrogens is 256 g/mol. The van der Waals surface area contributed by atoms with Gasteiger partial charge in [0.25, 0.3) is 0 Å². The van der Waals surface area contributed by atoms with Gasteiger partial charge in [-0.25, -0.2) is 0 Å². The molecule has 3 atom stereocenters. The average molecular weight is 280 g/mol. The van der Waals surface area contributed by atoms with Crippen LogP contribution in [0.5, 0.6) is 0 Å². The Labute approximate surface area is 120 Å². The van der Waals surface area contributed by atoms with Gasteiger partial charge in [-0.3, -0.25) is 4.90 Å². The van der Waals surface area contributed by atoms with E-state index < -0.39 is 0 Å². The summed E-state index contributed by atoms with van der Waals surface area (Å²) in [6.07, 6.45) is 2.26. The number of ether oxygens (including phenoxy) is 1. The molecule has 0 aliphatic carbocycles. The maximum absolute atomic E-state index is 5.95. The van der Waals surface area contributed by atoms with E-state index in [1.165, 1.54) is 10.5 Å². The van der Waals surface area contributed by atoms with Gasteiger partial charge in [-0.15, -0.1) is 11.8 Å². The molecule has 1 aliphatic rings. The summed E-state index contributed by atoms with van der Waals surface area (Å²) in [6, 6.07) is 9.36. The van der Waals surface area contributed by atoms with Crippen LogP contribution < -0.4 is 5.73 Å². The summed E-state index contributed by atoms with van der Waals surface area (Å²) < 4.78 is 5.72. The van der Waals surface area contributed by atoms with Crippen molar-refractivity contribution in [3.05, 3.63) is 29.8 Å². The fourth-order valence-electron chi connectivity index (χ4n) is 2.46. The number of benzene rings is 1. The molecule has 1 heterocycles. The Bertz CT molecular complexity index is 394. The van der Waals surface area contributed by atoms with Gasteiger partial charge < -0.3 is 10.5 Å². The molecule has 1 aromatic carbocycles. The first-order valence-corrected chi connectivity index (χ1v) is 8.09. The first-order valence-electron chi connectivity index (χ1n) is 6.87. The van der Waals surface area contributed by atoms with E-state index in [0.29, 0.717) is 6.04 Å². The number of nitrogens with two attached hydrogens (primary N) is 1. The highest BCUT2D eigenvalue weighted by Crippen LogP contribution is 2.25. The Hall–Kier alpha value is -0.550. The third-order valence-corrected chi connectivity index (χ3v) is 4.60. The molecule has 1 aromatic rings. The molecule has 4 heteroatoms. The zero-order valence-electron chi connectivity index (χ0n) is 12.0. The van der Waals surface area contributed by atoms with Crippen molar-refractivity contribution in [1.82, 2.24) is 4.90 Å². The smallest absolute Gasteiger partial charge is 0.0850 e. The Balaban J connectivity index is 2.03. The normalized spacial score (nSPS) is 24.1. The van der Waals surface area contributed by atoms with Gasteiger partial charge in [0.15, 0.2) is 0 Å². The largest absolute Gasteiger partial charge is 0.374 e. The van der Waals surface area contributed by atoms with Crippen LogP contribution in [0.4, 0.5) is 0 Å². The summed E-state index contributed by atoms with van der Waals surface area (Å²) in [6.45, 7) is 6.96. The van der Waals surface area contributed by atoms with Gasteiger partial charge in [0.2, 0.25) is 0 Å². The van der Waals surface area contributed by atoms with Crippen LogP contribution in [0.25, 0.3) is 0 Å². The molecule has 3 unspecified atom stereocenters. The second kappa shape index (κ2) is 6.75. The van der Waals surface area contributed by atoms with Gasteiger partial charge in [-0.2, -0.15) is 0 Å². The maximum atomic E-state index is 5.95. The number of hydrogen-bond acceptors (Lipinski definition) is 4. The Kier molecular flexibility index (Phi) is 5.28. The van der Waals surface area contributed by atoms with Gasteiger partial charge in [0.1, 0.15) is 0 Å². The van der Waals surface area contributed by atoms with Crippen molar-refractivity contribution in [2.45, 2.75) is 36.9 Å². The fraction of sp³-hybridized carbons (Fsp3) is 0.600. The van der Waals surface area contributed by atoms with Crippen LogP contribution in [0.2, 0.25) is 0 Å². The maximum Gasteiger partial charge on any atom is 0.0850 e. The van der Waals surface area contributed by atoms with E-state index in [0.717, 1.165) is 19.7 Å². The van der Waals surface area contributed by atoms with Crippen LogP contribution in [-0.2, 0) is 4.74 Å². The Morgan fingerprint density at radius 2 is 2.00 bits per heavy atom. The Morgan fingerprint density at radius 1 is 1.32 bits per heavy atom. The van der Waals surface area contributed by atoms with E-state index in [2.05, 4.69) is 42.3 Å². The molecule has 0 aromatic heterocycles. The summed E-state index contributed by atoms with van der Waals surface area (Å²) in [4.78, 5) is 3.78. The van der Waals surface area contributed by atoms with Crippen molar-refractivity contribution >= 4 is 11.8 Å². The molecular formula is C15H24N2OS. The van der Waals surface area contributed by atoms with Crippen molar-refractivity contribution in [2.75, 3.05) is 26.0 Å². The molecule has 2 N–H and O–H groups in total. The van der Waals surface area contributed by atoms with E-state index in [9.17, 15) is 0 Å². The van der Waals surface area contributed by atoms with Crippen LogP contribution >= 0.6 is 11.8 Å². The van der Waals surface area contributed by atoms with Gasteiger partial charge in [-0.05, 0) is 37.8 Å². The Morgan fingerprint density at radius 3 is 2.58 bits per heavy atom. The van der Waals surface area contributed by atoms with E-state index in [1.54, 1.807) is 11.8 Å². The highest BCUT2D eigenvalue weighted by Gasteiger charge is 2.26. The predicted molar refractivity (Wildman–Crippen MR) is 81.6 cm³/mol. The fourth-order valence-corrected chi connectivity index (χ4v) is 2.87. The van der Waals surface area contributed by atoms with E-state index >= 15 is 0 Å². The second-order valence-corrected chi connectivity index (χ2v) is 6.09. The minimum Gasteiger partial charge on any atom is -0.374 e. The van der Waals surface area contributed by atoms with Crippen LogP contribution in [0.3, 0.4) is 0 Å². The van der Waals surface area contributed by atoms with Crippen molar-refractivity contribution in [2.24, 2.45) is 5.73 Å². The first kappa shape index (κ1) is 14.9. The third-order valence-electron chi connectivity index (χ3n) is 3.86. The summed E-state index contributed by atoms with van der Waals surface area (Å²) in [5, 5.41) is 0. The van der Waals surface area contributed by atoms with E-state index in [4.69, 9.17) is 10.5 Å². The highest BCUT2D eigenvalue weighted by molar-refractivity contribution is 7.98. The zero-order chi connectivity index (χ0) is 13.8. The number of nitrogens with zero attached hydrogens (tertiary/aromatic N) is 1. The van der Waals surface area contributed by atoms with E-state index in [-0.39, 0.29) is 12.1 Å². The van der Waals surface area contributed by atoms with Crippen molar-refractivity contribution in [1.29, 1.82) is 0 Å². The van der Waals surface area contributed by atoms with Crippen LogP contribution in [0.15, 0.2) is 29.2 Å². The molecule has 0 spiro atoms. The SMILES string of the molecule is CSc1ccc(C(C)N2CCOC(C(C)N)C2)cc1.